The van der Waals surface area contributed by atoms with E-state index in [0.717, 1.165) is 5.56 Å². The zero-order valence-corrected chi connectivity index (χ0v) is 11.9. The molecule has 0 saturated carbocycles. The van der Waals surface area contributed by atoms with Crippen LogP contribution in [0.3, 0.4) is 0 Å². The van der Waals surface area contributed by atoms with Crippen molar-refractivity contribution < 1.29 is 4.79 Å². The molecule has 0 radical (unpaired) electrons. The van der Waals surface area contributed by atoms with E-state index < -0.39 is 0 Å². The molecular formula is C14H21ClN2O. The molecule has 0 bridgehead atoms. The van der Waals surface area contributed by atoms with Gasteiger partial charge in [0.15, 0.2) is 0 Å². The molecule has 0 heterocycles. The van der Waals surface area contributed by atoms with E-state index in [9.17, 15) is 4.79 Å². The third-order valence-electron chi connectivity index (χ3n) is 2.67. The molecule has 2 N–H and O–H groups in total. The zero-order chi connectivity index (χ0) is 13.5. The van der Waals surface area contributed by atoms with Gasteiger partial charge in [0.2, 0.25) is 5.91 Å². The van der Waals surface area contributed by atoms with Gasteiger partial charge in [-0.25, -0.2) is 0 Å². The van der Waals surface area contributed by atoms with E-state index in [1.807, 2.05) is 31.2 Å². The fraction of sp³-hybridized carbons (Fsp3) is 0.500. The van der Waals surface area contributed by atoms with E-state index in [1.54, 1.807) is 0 Å². The maximum absolute atomic E-state index is 12.1. The van der Waals surface area contributed by atoms with Gasteiger partial charge >= 0.3 is 0 Å². The highest BCUT2D eigenvalue weighted by molar-refractivity contribution is 6.30. The van der Waals surface area contributed by atoms with Gasteiger partial charge < -0.3 is 10.6 Å². The van der Waals surface area contributed by atoms with E-state index in [4.69, 9.17) is 11.6 Å². The minimum absolute atomic E-state index is 0.0490. The molecular weight excluding hydrogens is 248 g/mol. The van der Waals surface area contributed by atoms with Crippen LogP contribution in [0.4, 0.5) is 0 Å². The Kier molecular flexibility index (Phi) is 6.16. The van der Waals surface area contributed by atoms with Crippen LogP contribution in [0, 0.1) is 0 Å². The molecule has 1 rings (SSSR count). The van der Waals surface area contributed by atoms with Crippen LogP contribution in [0.25, 0.3) is 0 Å². The molecule has 1 aromatic rings. The molecule has 3 nitrogen and oxygen atoms in total. The zero-order valence-electron chi connectivity index (χ0n) is 11.2. The van der Waals surface area contributed by atoms with Gasteiger partial charge in [0, 0.05) is 24.2 Å². The highest BCUT2D eigenvalue weighted by atomic mass is 35.5. The number of hydrogen-bond acceptors (Lipinski definition) is 2. The quantitative estimate of drug-likeness (QED) is 0.833. The SMILES string of the molecule is CCNC(=O)[C@H](CNC(C)C)c1ccc(Cl)cc1. The third-order valence-corrected chi connectivity index (χ3v) is 2.92. The Morgan fingerprint density at radius 3 is 2.39 bits per heavy atom. The number of likely N-dealkylation sites (N-methyl/N-ethyl adjacent to an activating group) is 1. The second kappa shape index (κ2) is 7.39. The van der Waals surface area contributed by atoms with Crippen molar-refractivity contribution in [1.29, 1.82) is 0 Å². The molecule has 1 amide bonds. The standard InChI is InChI=1S/C14H21ClN2O/c1-4-16-14(18)13(9-17-10(2)3)11-5-7-12(15)8-6-11/h5-8,10,13,17H,4,9H2,1-3H3,(H,16,18)/t13-/m1/s1. The Morgan fingerprint density at radius 1 is 1.28 bits per heavy atom. The predicted molar refractivity (Wildman–Crippen MR) is 76.0 cm³/mol. The maximum Gasteiger partial charge on any atom is 0.228 e. The first kappa shape index (κ1) is 15.0. The molecule has 0 aliphatic carbocycles. The molecule has 0 fully saturated rings. The predicted octanol–water partition coefficient (Wildman–Crippen LogP) is 2.56. The lowest BCUT2D eigenvalue weighted by Gasteiger charge is -2.19. The number of carbonyl (C=O) groups is 1. The first-order chi connectivity index (χ1) is 8.54. The number of carbonyl (C=O) groups excluding carboxylic acids is 1. The van der Waals surface area contributed by atoms with Gasteiger partial charge in [0.25, 0.3) is 0 Å². The van der Waals surface area contributed by atoms with Crippen LogP contribution in [0.1, 0.15) is 32.3 Å². The molecule has 4 heteroatoms. The molecule has 1 atom stereocenters. The van der Waals surface area contributed by atoms with Gasteiger partial charge in [-0.15, -0.1) is 0 Å². The van der Waals surface area contributed by atoms with Crippen molar-refractivity contribution >= 4 is 17.5 Å². The van der Waals surface area contributed by atoms with Gasteiger partial charge in [0.1, 0.15) is 0 Å². The number of hydrogen-bond donors (Lipinski definition) is 2. The highest BCUT2D eigenvalue weighted by Gasteiger charge is 2.19. The molecule has 18 heavy (non-hydrogen) atoms. The van der Waals surface area contributed by atoms with E-state index in [1.165, 1.54) is 0 Å². The minimum Gasteiger partial charge on any atom is -0.356 e. The first-order valence-corrected chi connectivity index (χ1v) is 6.69. The number of benzene rings is 1. The van der Waals surface area contributed by atoms with Crippen LogP contribution < -0.4 is 10.6 Å². The molecule has 0 aromatic heterocycles. The molecule has 0 aliphatic heterocycles. The lowest BCUT2D eigenvalue weighted by molar-refractivity contribution is -0.122. The van der Waals surface area contributed by atoms with Crippen molar-refractivity contribution in [3.05, 3.63) is 34.9 Å². The summed E-state index contributed by atoms with van der Waals surface area (Å²) in [4.78, 5) is 12.1. The summed E-state index contributed by atoms with van der Waals surface area (Å²) in [6.07, 6.45) is 0. The largest absolute Gasteiger partial charge is 0.356 e. The molecule has 0 saturated heterocycles. The topological polar surface area (TPSA) is 41.1 Å². The Hall–Kier alpha value is -1.06. The van der Waals surface area contributed by atoms with Crippen LogP contribution in [0.2, 0.25) is 5.02 Å². The van der Waals surface area contributed by atoms with Gasteiger partial charge in [-0.2, -0.15) is 0 Å². The first-order valence-electron chi connectivity index (χ1n) is 6.31. The van der Waals surface area contributed by atoms with Gasteiger partial charge in [-0.3, -0.25) is 4.79 Å². The summed E-state index contributed by atoms with van der Waals surface area (Å²) in [5.74, 6) is -0.127. The normalized spacial score (nSPS) is 12.5. The van der Waals surface area contributed by atoms with Crippen molar-refractivity contribution in [2.45, 2.75) is 32.7 Å². The van der Waals surface area contributed by atoms with Crippen molar-refractivity contribution in [1.82, 2.24) is 10.6 Å². The molecule has 1 aromatic carbocycles. The van der Waals surface area contributed by atoms with Crippen molar-refractivity contribution in [3.63, 3.8) is 0 Å². The number of halogens is 1. The summed E-state index contributed by atoms with van der Waals surface area (Å²) in [6, 6.07) is 7.81. The smallest absolute Gasteiger partial charge is 0.228 e. The summed E-state index contributed by atoms with van der Waals surface area (Å²) in [5, 5.41) is 6.86. The van der Waals surface area contributed by atoms with Crippen LogP contribution in [-0.2, 0) is 4.79 Å². The van der Waals surface area contributed by atoms with Crippen molar-refractivity contribution in [2.75, 3.05) is 13.1 Å². The summed E-state index contributed by atoms with van der Waals surface area (Å²) in [5.41, 5.74) is 0.985. The number of nitrogens with one attached hydrogen (secondary N) is 2. The van der Waals surface area contributed by atoms with Crippen molar-refractivity contribution in [3.8, 4) is 0 Å². The average Bonchev–Trinajstić information content (AvgIpc) is 2.31. The van der Waals surface area contributed by atoms with Crippen LogP contribution in [-0.4, -0.2) is 25.0 Å². The molecule has 0 aliphatic rings. The van der Waals surface area contributed by atoms with Crippen LogP contribution >= 0.6 is 11.6 Å². The Labute approximate surface area is 114 Å². The fourth-order valence-corrected chi connectivity index (χ4v) is 1.83. The molecule has 0 spiro atoms. The van der Waals surface area contributed by atoms with E-state index in [-0.39, 0.29) is 11.8 Å². The van der Waals surface area contributed by atoms with E-state index in [2.05, 4.69) is 24.5 Å². The van der Waals surface area contributed by atoms with Crippen molar-refractivity contribution in [2.24, 2.45) is 0 Å². The molecule has 100 valence electrons. The Bertz CT molecular complexity index is 376. The summed E-state index contributed by atoms with van der Waals surface area (Å²) < 4.78 is 0. The Balaban J connectivity index is 2.82. The van der Waals surface area contributed by atoms with E-state index >= 15 is 0 Å². The molecule has 0 unspecified atom stereocenters. The lowest BCUT2D eigenvalue weighted by atomic mass is 9.98. The highest BCUT2D eigenvalue weighted by Crippen LogP contribution is 2.18. The summed E-state index contributed by atoms with van der Waals surface area (Å²) in [6.45, 7) is 7.33. The third kappa shape index (κ3) is 4.67. The van der Waals surface area contributed by atoms with E-state index in [0.29, 0.717) is 24.2 Å². The number of amides is 1. The van der Waals surface area contributed by atoms with Gasteiger partial charge in [-0.05, 0) is 24.6 Å². The summed E-state index contributed by atoms with van der Waals surface area (Å²) >= 11 is 5.87. The van der Waals surface area contributed by atoms with Gasteiger partial charge in [-0.1, -0.05) is 37.6 Å². The van der Waals surface area contributed by atoms with Crippen LogP contribution in [0.5, 0.6) is 0 Å². The Morgan fingerprint density at radius 2 is 1.89 bits per heavy atom. The van der Waals surface area contributed by atoms with Crippen LogP contribution in [0.15, 0.2) is 24.3 Å². The number of rotatable bonds is 6. The minimum atomic E-state index is -0.176. The van der Waals surface area contributed by atoms with Gasteiger partial charge in [0.05, 0.1) is 5.92 Å². The second-order valence-electron chi connectivity index (χ2n) is 4.56. The lowest BCUT2D eigenvalue weighted by Crippen LogP contribution is -2.37. The monoisotopic (exact) mass is 268 g/mol. The maximum atomic E-state index is 12.1. The fourth-order valence-electron chi connectivity index (χ4n) is 1.71. The summed E-state index contributed by atoms with van der Waals surface area (Å²) in [7, 11) is 0. The second-order valence-corrected chi connectivity index (χ2v) is 5.00. The average molecular weight is 269 g/mol.